The summed E-state index contributed by atoms with van der Waals surface area (Å²) in [5, 5.41) is 3.49. The number of rotatable bonds is 4. The number of primary amides is 1. The first-order valence-electron chi connectivity index (χ1n) is 9.62. The number of aryl methyl sites for hydroxylation is 2. The highest BCUT2D eigenvalue weighted by Crippen LogP contribution is 2.39. The summed E-state index contributed by atoms with van der Waals surface area (Å²) < 4.78 is 1.93. The Morgan fingerprint density at radius 3 is 2.89 bits per heavy atom. The lowest BCUT2D eigenvalue weighted by molar-refractivity contribution is 0.1000. The maximum absolute atomic E-state index is 12.9. The van der Waals surface area contributed by atoms with Gasteiger partial charge in [0.2, 0.25) is 0 Å². The van der Waals surface area contributed by atoms with Crippen molar-refractivity contribution in [2.75, 3.05) is 5.32 Å². The molecule has 1 aliphatic carbocycles. The maximum Gasteiger partial charge on any atom is 0.257 e. The van der Waals surface area contributed by atoms with E-state index in [9.17, 15) is 9.59 Å². The number of carbonyl (C=O) groups is 2. The van der Waals surface area contributed by atoms with Gasteiger partial charge in [0.15, 0.2) is 0 Å². The quantitative estimate of drug-likeness (QED) is 0.704. The van der Waals surface area contributed by atoms with E-state index in [1.165, 1.54) is 11.3 Å². The van der Waals surface area contributed by atoms with Crippen LogP contribution in [0.25, 0.3) is 5.65 Å². The van der Waals surface area contributed by atoms with E-state index < -0.39 is 5.91 Å². The van der Waals surface area contributed by atoms with Crippen molar-refractivity contribution < 1.29 is 9.59 Å². The van der Waals surface area contributed by atoms with Crippen molar-refractivity contribution in [3.63, 3.8) is 0 Å². The van der Waals surface area contributed by atoms with Gasteiger partial charge in [0.25, 0.3) is 11.8 Å². The lowest BCUT2D eigenvalue weighted by atomic mass is 9.88. The lowest BCUT2D eigenvalue weighted by Gasteiger charge is -2.18. The fourth-order valence-electron chi connectivity index (χ4n) is 3.95. The van der Waals surface area contributed by atoms with Crippen LogP contribution in [0.15, 0.2) is 18.3 Å². The topological polar surface area (TPSA) is 89.5 Å². The van der Waals surface area contributed by atoms with Crippen LogP contribution < -0.4 is 11.1 Å². The zero-order chi connectivity index (χ0) is 20.0. The smallest absolute Gasteiger partial charge is 0.257 e. The van der Waals surface area contributed by atoms with Crippen LogP contribution in [0.2, 0.25) is 0 Å². The predicted octanol–water partition coefficient (Wildman–Crippen LogP) is 3.74. The molecule has 1 atom stereocenters. The van der Waals surface area contributed by atoms with Gasteiger partial charge in [-0.3, -0.25) is 9.59 Å². The molecule has 2 amide bonds. The number of amides is 2. The number of thiophene rings is 1. The SMILES string of the molecule is CCc1nc2ccc(C(=O)Nc3sc4c(c3C(N)=O)CCC(C)C4)cn2c1C. The van der Waals surface area contributed by atoms with E-state index in [2.05, 4.69) is 24.1 Å². The van der Waals surface area contributed by atoms with E-state index >= 15 is 0 Å². The van der Waals surface area contributed by atoms with Crippen LogP contribution in [0.5, 0.6) is 0 Å². The number of anilines is 1. The van der Waals surface area contributed by atoms with Gasteiger partial charge in [-0.2, -0.15) is 0 Å². The van der Waals surface area contributed by atoms with Gasteiger partial charge < -0.3 is 15.5 Å². The number of hydrogen-bond donors (Lipinski definition) is 2. The molecule has 0 saturated heterocycles. The Morgan fingerprint density at radius 1 is 1.39 bits per heavy atom. The van der Waals surface area contributed by atoms with Gasteiger partial charge in [-0.05, 0) is 56.2 Å². The number of pyridine rings is 1. The maximum atomic E-state index is 12.9. The average Bonchev–Trinajstić information content (AvgIpc) is 3.17. The number of imidazole rings is 1. The molecule has 146 valence electrons. The highest BCUT2D eigenvalue weighted by Gasteiger charge is 2.27. The van der Waals surface area contributed by atoms with Crippen LogP contribution in [0, 0.1) is 12.8 Å². The molecule has 0 aliphatic heterocycles. The molecule has 1 aliphatic rings. The molecular formula is C21H24N4O2S. The van der Waals surface area contributed by atoms with E-state index in [0.29, 0.717) is 22.0 Å². The van der Waals surface area contributed by atoms with Gasteiger partial charge in [0.1, 0.15) is 10.6 Å². The molecule has 0 aromatic carbocycles. The number of aromatic nitrogens is 2. The highest BCUT2D eigenvalue weighted by atomic mass is 32.1. The monoisotopic (exact) mass is 396 g/mol. The Bertz CT molecular complexity index is 1100. The summed E-state index contributed by atoms with van der Waals surface area (Å²) in [7, 11) is 0. The normalized spacial score (nSPS) is 16.2. The third-order valence-corrected chi connectivity index (χ3v) is 6.71. The average molecular weight is 397 g/mol. The van der Waals surface area contributed by atoms with Gasteiger partial charge in [0.05, 0.1) is 16.8 Å². The molecule has 1 unspecified atom stereocenters. The van der Waals surface area contributed by atoms with E-state index in [0.717, 1.165) is 53.2 Å². The van der Waals surface area contributed by atoms with Crippen molar-refractivity contribution >= 4 is 33.8 Å². The molecule has 0 radical (unpaired) electrons. The Balaban J connectivity index is 1.68. The van der Waals surface area contributed by atoms with Crippen LogP contribution in [0.4, 0.5) is 5.00 Å². The van der Waals surface area contributed by atoms with E-state index in [1.54, 1.807) is 12.3 Å². The minimum atomic E-state index is -0.476. The minimum absolute atomic E-state index is 0.248. The van der Waals surface area contributed by atoms with Crippen LogP contribution in [-0.2, 0) is 19.3 Å². The molecule has 3 N–H and O–H groups in total. The molecule has 3 aromatic heterocycles. The number of nitrogens with zero attached hydrogens (tertiary/aromatic N) is 2. The molecular weight excluding hydrogens is 372 g/mol. The molecule has 3 aromatic rings. The lowest BCUT2D eigenvalue weighted by Crippen LogP contribution is -2.19. The molecule has 0 bridgehead atoms. The number of nitrogens with two attached hydrogens (primary N) is 1. The molecule has 0 fully saturated rings. The highest BCUT2D eigenvalue weighted by molar-refractivity contribution is 7.17. The number of carbonyl (C=O) groups excluding carboxylic acids is 2. The van der Waals surface area contributed by atoms with Crippen LogP contribution in [0.1, 0.15) is 62.8 Å². The van der Waals surface area contributed by atoms with Crippen molar-refractivity contribution in [1.29, 1.82) is 0 Å². The summed E-state index contributed by atoms with van der Waals surface area (Å²) in [5.74, 6) is -0.146. The standard InChI is InChI=1S/C21H24N4O2S/c1-4-15-12(3)25-10-13(6-8-17(25)23-15)20(27)24-21-18(19(22)26)14-7-5-11(2)9-16(14)28-21/h6,8,10-11H,4-5,7,9H2,1-3H3,(H2,22,26)(H,24,27). The number of hydrogen-bond acceptors (Lipinski definition) is 4. The Labute approximate surface area is 167 Å². The van der Waals surface area contributed by atoms with E-state index in [-0.39, 0.29) is 5.91 Å². The summed E-state index contributed by atoms with van der Waals surface area (Å²) in [6.45, 7) is 6.27. The first-order valence-corrected chi connectivity index (χ1v) is 10.4. The second kappa shape index (κ2) is 7.05. The second-order valence-electron chi connectivity index (χ2n) is 7.52. The summed E-state index contributed by atoms with van der Waals surface area (Å²) in [5.41, 5.74) is 10.5. The van der Waals surface area contributed by atoms with E-state index in [1.807, 2.05) is 17.4 Å². The Kier molecular flexibility index (Phi) is 4.71. The van der Waals surface area contributed by atoms with Crippen molar-refractivity contribution in [2.24, 2.45) is 11.7 Å². The molecule has 4 rings (SSSR count). The number of fused-ring (bicyclic) bond motifs is 2. The van der Waals surface area contributed by atoms with Crippen molar-refractivity contribution in [2.45, 2.75) is 46.5 Å². The largest absolute Gasteiger partial charge is 0.365 e. The van der Waals surface area contributed by atoms with Crippen LogP contribution in [-0.4, -0.2) is 21.2 Å². The van der Waals surface area contributed by atoms with Crippen molar-refractivity contribution in [3.05, 3.63) is 51.3 Å². The van der Waals surface area contributed by atoms with Gasteiger partial charge in [-0.25, -0.2) is 4.98 Å². The summed E-state index contributed by atoms with van der Waals surface area (Å²) in [6, 6.07) is 3.60. The molecule has 3 heterocycles. The Hall–Kier alpha value is -2.67. The molecule has 6 nitrogen and oxygen atoms in total. The third-order valence-electron chi connectivity index (χ3n) is 5.54. The first kappa shape index (κ1) is 18.7. The number of nitrogens with one attached hydrogen (secondary N) is 1. The fourth-order valence-corrected chi connectivity index (χ4v) is 5.37. The minimum Gasteiger partial charge on any atom is -0.365 e. The van der Waals surface area contributed by atoms with Crippen LogP contribution in [0.3, 0.4) is 0 Å². The second-order valence-corrected chi connectivity index (χ2v) is 8.62. The molecule has 28 heavy (non-hydrogen) atoms. The summed E-state index contributed by atoms with van der Waals surface area (Å²) >= 11 is 1.48. The van der Waals surface area contributed by atoms with Crippen molar-refractivity contribution in [1.82, 2.24) is 9.38 Å². The van der Waals surface area contributed by atoms with Crippen molar-refractivity contribution in [3.8, 4) is 0 Å². The van der Waals surface area contributed by atoms with Gasteiger partial charge in [0, 0.05) is 16.8 Å². The zero-order valence-corrected chi connectivity index (χ0v) is 17.2. The van der Waals surface area contributed by atoms with Gasteiger partial charge in [-0.15, -0.1) is 11.3 Å². The molecule has 7 heteroatoms. The van der Waals surface area contributed by atoms with Gasteiger partial charge >= 0.3 is 0 Å². The van der Waals surface area contributed by atoms with E-state index in [4.69, 9.17) is 5.73 Å². The summed E-state index contributed by atoms with van der Waals surface area (Å²) in [6.07, 6.45) is 5.44. The molecule has 0 saturated carbocycles. The third kappa shape index (κ3) is 3.09. The predicted molar refractivity (Wildman–Crippen MR) is 111 cm³/mol. The zero-order valence-electron chi connectivity index (χ0n) is 16.3. The Morgan fingerprint density at radius 2 is 2.18 bits per heavy atom. The summed E-state index contributed by atoms with van der Waals surface area (Å²) in [4.78, 5) is 30.7. The fraction of sp³-hybridized carbons (Fsp3) is 0.381. The van der Waals surface area contributed by atoms with Gasteiger partial charge in [-0.1, -0.05) is 13.8 Å². The molecule has 0 spiro atoms. The van der Waals surface area contributed by atoms with Crippen LogP contribution >= 0.6 is 11.3 Å². The first-order chi connectivity index (χ1) is 13.4.